The van der Waals surface area contributed by atoms with Crippen LogP contribution in [0.2, 0.25) is 5.02 Å². The van der Waals surface area contributed by atoms with E-state index in [0.29, 0.717) is 0 Å². The molecule has 1 aliphatic rings. The maximum Gasteiger partial charge on any atom is 0.419 e. The van der Waals surface area contributed by atoms with E-state index in [2.05, 4.69) is 17.2 Å². The van der Waals surface area contributed by atoms with Crippen molar-refractivity contribution in [3.63, 3.8) is 0 Å². The third-order valence-corrected chi connectivity index (χ3v) is 5.26. The largest absolute Gasteiger partial charge is 0.508 e. The highest BCUT2D eigenvalue weighted by Gasteiger charge is 2.59. The maximum atomic E-state index is 14.2. The Labute approximate surface area is 180 Å². The number of hydrogen-bond donors (Lipinski definition) is 4. The number of benzene rings is 2. The van der Waals surface area contributed by atoms with E-state index in [1.165, 1.54) is 13.0 Å². The zero-order chi connectivity index (χ0) is 23.1. The van der Waals surface area contributed by atoms with Gasteiger partial charge in [-0.3, -0.25) is 4.79 Å². The number of amides is 1. The van der Waals surface area contributed by atoms with Crippen molar-refractivity contribution in [3.05, 3.63) is 70.0 Å². The number of anilines is 1. The predicted molar refractivity (Wildman–Crippen MR) is 107 cm³/mol. The number of fused-ring (bicyclic) bond motifs is 1. The average molecular weight is 459 g/mol. The lowest BCUT2D eigenvalue weighted by atomic mass is 9.82. The third-order valence-electron chi connectivity index (χ3n) is 5.03. The molecule has 0 spiro atoms. The van der Waals surface area contributed by atoms with Crippen LogP contribution in [-0.2, 0) is 6.54 Å². The Balaban J connectivity index is 2.23. The predicted octanol–water partition coefficient (Wildman–Crippen LogP) is 4.84. The van der Waals surface area contributed by atoms with E-state index in [1.54, 1.807) is 0 Å². The van der Waals surface area contributed by atoms with Crippen molar-refractivity contribution in [2.75, 3.05) is 5.32 Å². The summed E-state index contributed by atoms with van der Waals surface area (Å²) in [5.41, 5.74) is -3.72. The molecule has 0 fully saturated rings. The van der Waals surface area contributed by atoms with E-state index >= 15 is 0 Å². The number of rotatable bonds is 6. The standard InChI is InChI=1S/C21H19ClF4N2O3/c1-10(2)8-20(31,21(24,25)26)18(14-5-11(22)3-4-17(14)29)28-16-7-12(23)6-13-15(16)9-27-19(13)30/h3-7,18,28-29,31H,1,8-9H2,2H3,(H,27,30). The van der Waals surface area contributed by atoms with Gasteiger partial charge in [-0.05, 0) is 37.3 Å². The molecule has 2 aromatic rings. The van der Waals surface area contributed by atoms with Gasteiger partial charge in [-0.25, -0.2) is 4.39 Å². The van der Waals surface area contributed by atoms with Crippen LogP contribution >= 0.6 is 11.6 Å². The van der Waals surface area contributed by atoms with Gasteiger partial charge in [0.15, 0.2) is 5.60 Å². The van der Waals surface area contributed by atoms with Gasteiger partial charge in [-0.2, -0.15) is 13.2 Å². The molecule has 3 rings (SSSR count). The van der Waals surface area contributed by atoms with Crippen molar-refractivity contribution in [1.29, 1.82) is 0 Å². The molecule has 2 unspecified atom stereocenters. The molecule has 2 aromatic carbocycles. The molecule has 0 radical (unpaired) electrons. The van der Waals surface area contributed by atoms with Crippen LogP contribution in [0.1, 0.15) is 40.9 Å². The molecule has 1 aliphatic heterocycles. The van der Waals surface area contributed by atoms with Gasteiger partial charge in [0.25, 0.3) is 5.91 Å². The number of halogens is 5. The zero-order valence-electron chi connectivity index (χ0n) is 16.3. The Morgan fingerprint density at radius 2 is 2.00 bits per heavy atom. The summed E-state index contributed by atoms with van der Waals surface area (Å²) in [6.07, 6.45) is -6.09. The van der Waals surface area contributed by atoms with Crippen LogP contribution in [0, 0.1) is 5.82 Å². The monoisotopic (exact) mass is 458 g/mol. The number of alkyl halides is 3. The van der Waals surface area contributed by atoms with Gasteiger partial charge >= 0.3 is 6.18 Å². The number of carbonyl (C=O) groups excluding carboxylic acids is 1. The molecule has 31 heavy (non-hydrogen) atoms. The minimum atomic E-state index is -5.18. The van der Waals surface area contributed by atoms with E-state index in [4.69, 9.17) is 11.6 Å². The molecule has 1 heterocycles. The summed E-state index contributed by atoms with van der Waals surface area (Å²) >= 11 is 5.94. The molecule has 10 heteroatoms. The number of nitrogens with one attached hydrogen (secondary N) is 2. The molecule has 0 saturated heterocycles. The molecule has 5 nitrogen and oxygen atoms in total. The lowest BCUT2D eigenvalue weighted by Crippen LogP contribution is -2.52. The van der Waals surface area contributed by atoms with Crippen molar-refractivity contribution < 1.29 is 32.6 Å². The Kier molecular flexibility index (Phi) is 5.94. The van der Waals surface area contributed by atoms with Gasteiger partial charge in [0, 0.05) is 40.4 Å². The number of phenolic OH excluding ortho intramolecular Hbond substituents is 1. The maximum absolute atomic E-state index is 14.2. The number of aromatic hydroxyl groups is 1. The van der Waals surface area contributed by atoms with E-state index in [-0.39, 0.29) is 39.5 Å². The van der Waals surface area contributed by atoms with Crippen LogP contribution in [0.25, 0.3) is 0 Å². The first-order chi connectivity index (χ1) is 14.3. The minimum Gasteiger partial charge on any atom is -0.508 e. The molecule has 1 amide bonds. The summed E-state index contributed by atoms with van der Waals surface area (Å²) in [6.45, 7) is 4.74. The summed E-state index contributed by atoms with van der Waals surface area (Å²) in [5.74, 6) is -2.00. The Morgan fingerprint density at radius 1 is 1.32 bits per heavy atom. The smallest absolute Gasteiger partial charge is 0.419 e. The highest BCUT2D eigenvalue weighted by atomic mass is 35.5. The first-order valence-corrected chi connectivity index (χ1v) is 9.50. The highest BCUT2D eigenvalue weighted by Crippen LogP contribution is 2.48. The second kappa shape index (κ2) is 8.05. The van der Waals surface area contributed by atoms with Gasteiger partial charge in [-0.15, -0.1) is 6.58 Å². The van der Waals surface area contributed by atoms with Crippen LogP contribution in [0.5, 0.6) is 5.75 Å². The number of aliphatic hydroxyl groups is 1. The van der Waals surface area contributed by atoms with Crippen LogP contribution in [0.4, 0.5) is 23.2 Å². The van der Waals surface area contributed by atoms with Crippen molar-refractivity contribution in [3.8, 4) is 5.75 Å². The topological polar surface area (TPSA) is 81.6 Å². The van der Waals surface area contributed by atoms with E-state index in [0.717, 1.165) is 24.3 Å². The van der Waals surface area contributed by atoms with Gasteiger partial charge in [0.05, 0.1) is 6.04 Å². The summed E-state index contributed by atoms with van der Waals surface area (Å²) in [7, 11) is 0. The third kappa shape index (κ3) is 4.33. The average Bonchev–Trinajstić information content (AvgIpc) is 3.01. The first kappa shape index (κ1) is 22.9. The summed E-state index contributed by atoms with van der Waals surface area (Å²) < 4.78 is 56.6. The second-order valence-electron chi connectivity index (χ2n) is 7.50. The van der Waals surface area contributed by atoms with Crippen molar-refractivity contribution in [2.24, 2.45) is 0 Å². The summed E-state index contributed by atoms with van der Waals surface area (Å²) in [5, 5.41) is 26.2. The fourth-order valence-corrected chi connectivity index (χ4v) is 3.80. The van der Waals surface area contributed by atoms with E-state index in [9.17, 15) is 32.6 Å². The SMILES string of the molecule is C=C(C)CC(O)(C(Nc1cc(F)cc2c1CNC2=O)c1cc(Cl)ccc1O)C(F)(F)F. The Bertz CT molecular complexity index is 1060. The molecule has 0 aromatic heterocycles. The Hall–Kier alpha value is -2.78. The number of carbonyl (C=O) groups is 1. The van der Waals surface area contributed by atoms with Gasteiger partial charge in [0.1, 0.15) is 11.6 Å². The molecule has 0 aliphatic carbocycles. The minimum absolute atomic E-state index is 0.0146. The quantitative estimate of drug-likeness (QED) is 0.369. The number of hydrogen-bond acceptors (Lipinski definition) is 4. The molecule has 2 atom stereocenters. The summed E-state index contributed by atoms with van der Waals surface area (Å²) in [4.78, 5) is 11.9. The van der Waals surface area contributed by atoms with Crippen molar-refractivity contribution in [1.82, 2.24) is 5.32 Å². The van der Waals surface area contributed by atoms with Crippen LogP contribution in [0.3, 0.4) is 0 Å². The van der Waals surface area contributed by atoms with Crippen molar-refractivity contribution in [2.45, 2.75) is 37.7 Å². The fraction of sp³-hybridized carbons (Fsp3) is 0.286. The highest BCUT2D eigenvalue weighted by molar-refractivity contribution is 6.30. The fourth-order valence-electron chi connectivity index (χ4n) is 3.61. The lowest BCUT2D eigenvalue weighted by Gasteiger charge is -2.39. The molecule has 4 N–H and O–H groups in total. The molecule has 166 valence electrons. The molecule has 0 bridgehead atoms. The first-order valence-electron chi connectivity index (χ1n) is 9.12. The second-order valence-corrected chi connectivity index (χ2v) is 7.93. The molecular formula is C21H19ClF4N2O3. The molecular weight excluding hydrogens is 440 g/mol. The number of phenols is 1. The normalized spacial score (nSPS) is 16.3. The Morgan fingerprint density at radius 3 is 2.61 bits per heavy atom. The zero-order valence-corrected chi connectivity index (χ0v) is 17.0. The van der Waals surface area contributed by atoms with E-state index < -0.39 is 41.7 Å². The van der Waals surface area contributed by atoms with E-state index in [1.807, 2.05) is 0 Å². The van der Waals surface area contributed by atoms with Crippen LogP contribution in [0.15, 0.2) is 42.5 Å². The van der Waals surface area contributed by atoms with Crippen molar-refractivity contribution >= 4 is 23.2 Å². The van der Waals surface area contributed by atoms with Gasteiger partial charge < -0.3 is 20.8 Å². The van der Waals surface area contributed by atoms with Crippen LogP contribution < -0.4 is 10.6 Å². The van der Waals surface area contributed by atoms with Gasteiger partial charge in [0.2, 0.25) is 0 Å². The summed E-state index contributed by atoms with van der Waals surface area (Å²) in [6, 6.07) is 3.32. The molecule has 0 saturated carbocycles. The lowest BCUT2D eigenvalue weighted by molar-refractivity contribution is -0.266. The van der Waals surface area contributed by atoms with Crippen LogP contribution in [-0.4, -0.2) is 27.9 Å². The van der Waals surface area contributed by atoms with Gasteiger partial charge in [-0.1, -0.05) is 17.2 Å².